The first kappa shape index (κ1) is 25.3. The van der Waals surface area contributed by atoms with Crippen molar-refractivity contribution < 1.29 is 22.7 Å². The summed E-state index contributed by atoms with van der Waals surface area (Å²) in [6.45, 7) is 5.55. The van der Waals surface area contributed by atoms with Crippen LogP contribution in [0.25, 0.3) is 0 Å². The summed E-state index contributed by atoms with van der Waals surface area (Å²) in [5.74, 6) is -0.789. The van der Waals surface area contributed by atoms with Crippen molar-refractivity contribution in [2.45, 2.75) is 50.5 Å². The van der Waals surface area contributed by atoms with Crippen LogP contribution in [-0.4, -0.2) is 56.9 Å². The molecule has 2 aromatic rings. The van der Waals surface area contributed by atoms with Crippen molar-refractivity contribution in [1.29, 1.82) is 0 Å². The van der Waals surface area contributed by atoms with E-state index in [1.165, 1.54) is 4.31 Å². The molecule has 0 saturated carbocycles. The van der Waals surface area contributed by atoms with Crippen LogP contribution in [0.2, 0.25) is 0 Å². The summed E-state index contributed by atoms with van der Waals surface area (Å²) in [5.41, 5.74) is 2.82. The first-order chi connectivity index (χ1) is 16.8. The lowest BCUT2D eigenvalue weighted by Gasteiger charge is -2.30. The average Bonchev–Trinajstić information content (AvgIpc) is 3.38. The molecule has 35 heavy (non-hydrogen) atoms. The van der Waals surface area contributed by atoms with E-state index in [2.05, 4.69) is 10.6 Å². The number of carbonyl (C=O) groups is 2. The Morgan fingerprint density at radius 1 is 1.03 bits per heavy atom. The summed E-state index contributed by atoms with van der Waals surface area (Å²) in [5, 5.41) is 5.78. The third kappa shape index (κ3) is 5.91. The molecule has 2 aromatic carbocycles. The Kier molecular flexibility index (Phi) is 7.88. The second-order valence-corrected chi connectivity index (χ2v) is 11.2. The number of aryl methyl sites for hydroxylation is 2. The van der Waals surface area contributed by atoms with Gasteiger partial charge in [-0.25, -0.2) is 8.42 Å². The lowest BCUT2D eigenvalue weighted by molar-refractivity contribution is -0.120. The number of anilines is 1. The Labute approximate surface area is 207 Å². The van der Waals surface area contributed by atoms with E-state index in [4.69, 9.17) is 4.74 Å². The van der Waals surface area contributed by atoms with Gasteiger partial charge in [-0.3, -0.25) is 9.59 Å². The Bertz CT molecular complexity index is 1180. The molecule has 2 fully saturated rings. The molecule has 2 saturated heterocycles. The van der Waals surface area contributed by atoms with E-state index in [-0.39, 0.29) is 41.8 Å². The molecular weight excluding hydrogens is 466 g/mol. The maximum atomic E-state index is 13.1. The lowest BCUT2D eigenvalue weighted by atomic mass is 9.97. The molecule has 0 aliphatic carbocycles. The zero-order valence-corrected chi connectivity index (χ0v) is 21.1. The van der Waals surface area contributed by atoms with E-state index < -0.39 is 10.0 Å². The first-order valence-corrected chi connectivity index (χ1v) is 13.6. The predicted octanol–water partition coefficient (Wildman–Crippen LogP) is 3.25. The van der Waals surface area contributed by atoms with E-state index >= 15 is 0 Å². The summed E-state index contributed by atoms with van der Waals surface area (Å²) in [6.07, 6.45) is 2.80. The number of para-hydroxylation sites is 1. The number of piperidine rings is 1. The lowest BCUT2D eigenvalue weighted by Crippen LogP contribution is -2.41. The normalized spacial score (nSPS) is 19.4. The number of ether oxygens (including phenoxy) is 1. The molecule has 0 unspecified atom stereocenters. The Hall–Kier alpha value is -2.75. The molecule has 0 bridgehead atoms. The van der Waals surface area contributed by atoms with Gasteiger partial charge in [0.2, 0.25) is 15.9 Å². The van der Waals surface area contributed by atoms with Crippen LogP contribution in [0.1, 0.15) is 47.2 Å². The van der Waals surface area contributed by atoms with Crippen molar-refractivity contribution in [2.75, 3.05) is 31.6 Å². The van der Waals surface area contributed by atoms with Crippen LogP contribution in [0.15, 0.2) is 47.4 Å². The second kappa shape index (κ2) is 10.9. The van der Waals surface area contributed by atoms with Crippen LogP contribution >= 0.6 is 0 Å². The highest BCUT2D eigenvalue weighted by atomic mass is 32.2. The van der Waals surface area contributed by atoms with Gasteiger partial charge in [-0.2, -0.15) is 4.31 Å². The molecule has 0 radical (unpaired) electrons. The summed E-state index contributed by atoms with van der Waals surface area (Å²) in [6, 6.07) is 12.1. The van der Waals surface area contributed by atoms with Gasteiger partial charge < -0.3 is 15.4 Å². The van der Waals surface area contributed by atoms with E-state index in [9.17, 15) is 18.0 Å². The van der Waals surface area contributed by atoms with Crippen LogP contribution in [0, 0.1) is 19.8 Å². The first-order valence-electron chi connectivity index (χ1n) is 12.1. The molecule has 0 spiro atoms. The van der Waals surface area contributed by atoms with Gasteiger partial charge in [0.15, 0.2) is 0 Å². The minimum absolute atomic E-state index is 0.0333. The highest BCUT2D eigenvalue weighted by molar-refractivity contribution is 7.89. The zero-order valence-electron chi connectivity index (χ0n) is 20.2. The molecule has 2 aliphatic heterocycles. The fourth-order valence-electron chi connectivity index (χ4n) is 4.51. The Morgan fingerprint density at radius 2 is 1.77 bits per heavy atom. The van der Waals surface area contributed by atoms with Crippen molar-refractivity contribution in [3.05, 3.63) is 59.2 Å². The molecule has 1 atom stereocenters. The molecule has 2 N–H and O–H groups in total. The number of carbonyl (C=O) groups excluding carboxylic acids is 2. The van der Waals surface area contributed by atoms with Crippen molar-refractivity contribution in [3.8, 4) is 0 Å². The molecule has 188 valence electrons. The van der Waals surface area contributed by atoms with Gasteiger partial charge in [-0.05, 0) is 74.9 Å². The maximum Gasteiger partial charge on any atom is 0.253 e. The maximum absolute atomic E-state index is 13.1. The molecule has 9 heteroatoms. The quantitative estimate of drug-likeness (QED) is 0.609. The van der Waals surface area contributed by atoms with Gasteiger partial charge in [0, 0.05) is 32.2 Å². The van der Waals surface area contributed by atoms with Crippen molar-refractivity contribution in [2.24, 2.45) is 5.92 Å². The van der Waals surface area contributed by atoms with Crippen LogP contribution in [0.5, 0.6) is 0 Å². The van der Waals surface area contributed by atoms with E-state index in [1.54, 1.807) is 36.4 Å². The SMILES string of the molecule is Cc1ccc(S(=O)(=O)N2CCC(C(=O)Nc3ccccc3C(=O)NC[C@@H]3CCCO3)CC2)cc1C. The van der Waals surface area contributed by atoms with E-state index in [1.807, 2.05) is 19.9 Å². The minimum atomic E-state index is -3.60. The van der Waals surface area contributed by atoms with Crippen molar-refractivity contribution in [1.82, 2.24) is 9.62 Å². The monoisotopic (exact) mass is 499 g/mol. The fourth-order valence-corrected chi connectivity index (χ4v) is 6.07. The Morgan fingerprint density at radius 3 is 2.46 bits per heavy atom. The average molecular weight is 500 g/mol. The summed E-state index contributed by atoms with van der Waals surface area (Å²) < 4.78 is 33.1. The van der Waals surface area contributed by atoms with Crippen LogP contribution in [-0.2, 0) is 19.6 Å². The number of hydrogen-bond acceptors (Lipinski definition) is 5. The van der Waals surface area contributed by atoms with Gasteiger partial charge >= 0.3 is 0 Å². The van der Waals surface area contributed by atoms with Crippen LogP contribution in [0.4, 0.5) is 5.69 Å². The van der Waals surface area contributed by atoms with Gasteiger partial charge in [-0.1, -0.05) is 18.2 Å². The number of hydrogen-bond donors (Lipinski definition) is 2. The third-order valence-electron chi connectivity index (χ3n) is 6.88. The fraction of sp³-hybridized carbons (Fsp3) is 0.462. The minimum Gasteiger partial charge on any atom is -0.376 e. The smallest absolute Gasteiger partial charge is 0.253 e. The third-order valence-corrected chi connectivity index (χ3v) is 8.78. The molecule has 8 nitrogen and oxygen atoms in total. The van der Waals surface area contributed by atoms with Crippen molar-refractivity contribution in [3.63, 3.8) is 0 Å². The summed E-state index contributed by atoms with van der Waals surface area (Å²) >= 11 is 0. The van der Waals surface area contributed by atoms with Crippen LogP contribution < -0.4 is 10.6 Å². The van der Waals surface area contributed by atoms with E-state index in [0.29, 0.717) is 30.6 Å². The largest absolute Gasteiger partial charge is 0.376 e. The number of benzene rings is 2. The zero-order chi connectivity index (χ0) is 25.0. The molecule has 2 heterocycles. The predicted molar refractivity (Wildman–Crippen MR) is 134 cm³/mol. The topological polar surface area (TPSA) is 105 Å². The Balaban J connectivity index is 1.35. The van der Waals surface area contributed by atoms with Gasteiger partial charge in [0.05, 0.1) is 22.3 Å². The standard InChI is InChI=1S/C26H33N3O5S/c1-18-9-10-22(16-19(18)2)35(32,33)29-13-11-20(12-14-29)25(30)28-24-8-4-3-7-23(24)26(31)27-17-21-6-5-15-34-21/h3-4,7-10,16,20-21H,5-6,11-15,17H2,1-2H3,(H,27,31)(H,28,30)/t21-/m0/s1. The van der Waals surface area contributed by atoms with Gasteiger partial charge in [-0.15, -0.1) is 0 Å². The number of rotatable bonds is 7. The summed E-state index contributed by atoms with van der Waals surface area (Å²) in [4.78, 5) is 26.0. The van der Waals surface area contributed by atoms with Gasteiger partial charge in [0.1, 0.15) is 0 Å². The van der Waals surface area contributed by atoms with Gasteiger partial charge in [0.25, 0.3) is 5.91 Å². The highest BCUT2D eigenvalue weighted by Gasteiger charge is 2.32. The van der Waals surface area contributed by atoms with E-state index in [0.717, 1.165) is 30.6 Å². The summed E-state index contributed by atoms with van der Waals surface area (Å²) in [7, 11) is -3.60. The number of nitrogens with zero attached hydrogens (tertiary/aromatic N) is 1. The number of amides is 2. The molecule has 2 amide bonds. The number of nitrogens with one attached hydrogen (secondary N) is 2. The molecular formula is C26H33N3O5S. The van der Waals surface area contributed by atoms with Crippen LogP contribution in [0.3, 0.4) is 0 Å². The van der Waals surface area contributed by atoms with Crippen molar-refractivity contribution >= 4 is 27.5 Å². The molecule has 2 aliphatic rings. The number of sulfonamides is 1. The molecule has 4 rings (SSSR count). The highest BCUT2D eigenvalue weighted by Crippen LogP contribution is 2.26. The molecule has 0 aromatic heterocycles. The second-order valence-electron chi connectivity index (χ2n) is 9.30.